The second-order valence-electron chi connectivity index (χ2n) is 2.48. The molecule has 0 amide bonds. The van der Waals surface area contributed by atoms with Crippen LogP contribution in [0.5, 0.6) is 0 Å². The van der Waals surface area contributed by atoms with Crippen LogP contribution in [-0.4, -0.2) is 22.5 Å². The summed E-state index contributed by atoms with van der Waals surface area (Å²) in [7, 11) is 0. The third kappa shape index (κ3) is 2.72. The number of ether oxygens (including phenoxy) is 1. The van der Waals surface area contributed by atoms with Crippen molar-refractivity contribution in [2.75, 3.05) is 6.61 Å². The highest BCUT2D eigenvalue weighted by Crippen LogP contribution is 2.20. The van der Waals surface area contributed by atoms with Crippen molar-refractivity contribution < 1.29 is 14.5 Å². The second-order valence-corrected chi connectivity index (χ2v) is 3.29. The Hall–Kier alpha value is -1.50. The quantitative estimate of drug-likeness (QED) is 0.364. The summed E-state index contributed by atoms with van der Waals surface area (Å²) in [6.45, 7) is 1.76. The highest BCUT2D eigenvalue weighted by Gasteiger charge is 2.23. The van der Waals surface area contributed by atoms with E-state index in [1.807, 2.05) is 0 Å². The fourth-order valence-corrected chi connectivity index (χ4v) is 1.23. The Morgan fingerprint density at radius 3 is 2.87 bits per heavy atom. The first kappa shape index (κ1) is 11.6. The van der Waals surface area contributed by atoms with Crippen molar-refractivity contribution >= 4 is 27.6 Å². The summed E-state index contributed by atoms with van der Waals surface area (Å²) in [5.74, 6) is -0.800. The lowest BCUT2D eigenvalue weighted by Gasteiger charge is -2.01. The lowest BCUT2D eigenvalue weighted by molar-refractivity contribution is -0.385. The van der Waals surface area contributed by atoms with Crippen molar-refractivity contribution in [2.45, 2.75) is 6.92 Å². The van der Waals surface area contributed by atoms with Gasteiger partial charge in [-0.15, -0.1) is 0 Å². The van der Waals surface area contributed by atoms with E-state index in [1.165, 1.54) is 12.1 Å². The van der Waals surface area contributed by atoms with Gasteiger partial charge in [-0.3, -0.25) is 10.1 Å². The van der Waals surface area contributed by atoms with Gasteiger partial charge in [-0.25, -0.2) is 9.78 Å². The third-order valence-electron chi connectivity index (χ3n) is 1.51. The Morgan fingerprint density at radius 1 is 1.67 bits per heavy atom. The highest BCUT2D eigenvalue weighted by atomic mass is 79.9. The molecule has 0 spiro atoms. The average molecular weight is 275 g/mol. The van der Waals surface area contributed by atoms with Gasteiger partial charge in [0.05, 0.1) is 11.5 Å². The normalized spacial score (nSPS) is 9.73. The van der Waals surface area contributed by atoms with E-state index in [0.717, 1.165) is 0 Å². The topological polar surface area (TPSA) is 82.3 Å². The van der Waals surface area contributed by atoms with Crippen molar-refractivity contribution in [2.24, 2.45) is 0 Å². The van der Waals surface area contributed by atoms with Crippen LogP contribution in [0, 0.1) is 10.1 Å². The summed E-state index contributed by atoms with van der Waals surface area (Å²) in [5.41, 5.74) is -0.659. The molecule has 1 aromatic rings. The summed E-state index contributed by atoms with van der Waals surface area (Å²) in [6, 6.07) is 2.59. The minimum absolute atomic E-state index is 0.143. The van der Waals surface area contributed by atoms with Gasteiger partial charge in [0.1, 0.15) is 4.60 Å². The summed E-state index contributed by atoms with van der Waals surface area (Å²) in [6.07, 6.45) is 0. The molecule has 1 aromatic heterocycles. The van der Waals surface area contributed by atoms with E-state index in [2.05, 4.69) is 25.7 Å². The monoisotopic (exact) mass is 274 g/mol. The van der Waals surface area contributed by atoms with Crippen LogP contribution in [0.15, 0.2) is 16.7 Å². The Morgan fingerprint density at radius 2 is 2.33 bits per heavy atom. The molecule has 1 rings (SSSR count). The maximum Gasteiger partial charge on any atom is 0.364 e. The third-order valence-corrected chi connectivity index (χ3v) is 1.95. The van der Waals surface area contributed by atoms with E-state index >= 15 is 0 Å². The molecular weight excluding hydrogens is 268 g/mol. The lowest BCUT2D eigenvalue weighted by Crippen LogP contribution is -2.10. The van der Waals surface area contributed by atoms with E-state index < -0.39 is 10.9 Å². The molecule has 0 aliphatic carbocycles. The molecule has 7 heteroatoms. The van der Waals surface area contributed by atoms with Crippen LogP contribution in [0.25, 0.3) is 0 Å². The maximum absolute atomic E-state index is 11.3. The molecule has 0 atom stereocenters. The van der Waals surface area contributed by atoms with Crippen LogP contribution in [0.2, 0.25) is 0 Å². The molecule has 0 N–H and O–H groups in total. The fourth-order valence-electron chi connectivity index (χ4n) is 0.925. The molecule has 0 fully saturated rings. The van der Waals surface area contributed by atoms with Crippen molar-refractivity contribution in [3.05, 3.63) is 32.5 Å². The number of hydrogen-bond acceptors (Lipinski definition) is 5. The molecular formula is C8H7BrN2O4. The number of nitrogens with zero attached hydrogens (tertiary/aromatic N) is 2. The van der Waals surface area contributed by atoms with Gasteiger partial charge in [-0.2, -0.15) is 0 Å². The first-order chi connectivity index (χ1) is 7.06. The zero-order valence-corrected chi connectivity index (χ0v) is 9.35. The number of pyridine rings is 1. The number of halogens is 1. The van der Waals surface area contributed by atoms with E-state index in [0.29, 0.717) is 4.60 Å². The lowest BCUT2D eigenvalue weighted by atomic mass is 10.3. The van der Waals surface area contributed by atoms with Crippen molar-refractivity contribution in [1.29, 1.82) is 0 Å². The zero-order valence-electron chi connectivity index (χ0n) is 7.77. The standard InChI is InChI=1S/C8H7BrN2O4/c1-2-15-8(12)7-5(11(13)14)3-4-6(9)10-7/h3-4H,2H2,1H3. The van der Waals surface area contributed by atoms with Gasteiger partial charge in [0, 0.05) is 6.07 Å². The first-order valence-electron chi connectivity index (χ1n) is 4.04. The van der Waals surface area contributed by atoms with Crippen molar-refractivity contribution in [3.63, 3.8) is 0 Å². The molecule has 1 heterocycles. The summed E-state index contributed by atoms with van der Waals surface area (Å²) < 4.78 is 4.99. The number of carbonyl (C=O) groups excluding carboxylic acids is 1. The summed E-state index contributed by atoms with van der Waals surface area (Å²) >= 11 is 3.02. The molecule has 0 radical (unpaired) electrons. The van der Waals surface area contributed by atoms with Crippen LogP contribution in [-0.2, 0) is 4.74 Å². The minimum Gasteiger partial charge on any atom is -0.461 e. The van der Waals surface area contributed by atoms with E-state index in [9.17, 15) is 14.9 Å². The van der Waals surface area contributed by atoms with Crippen LogP contribution in [0.1, 0.15) is 17.4 Å². The SMILES string of the molecule is CCOC(=O)c1nc(Br)ccc1[N+](=O)[O-]. The van der Waals surface area contributed by atoms with Crippen LogP contribution in [0.4, 0.5) is 5.69 Å². The minimum atomic E-state index is -0.800. The Labute approximate surface area is 93.5 Å². The molecule has 0 aliphatic rings. The second kappa shape index (κ2) is 4.83. The van der Waals surface area contributed by atoms with Crippen LogP contribution < -0.4 is 0 Å². The van der Waals surface area contributed by atoms with E-state index in [4.69, 9.17) is 0 Å². The van der Waals surface area contributed by atoms with Gasteiger partial charge in [-0.1, -0.05) is 0 Å². The molecule has 0 aliphatic heterocycles. The van der Waals surface area contributed by atoms with Gasteiger partial charge >= 0.3 is 11.7 Å². The zero-order chi connectivity index (χ0) is 11.4. The van der Waals surface area contributed by atoms with Gasteiger partial charge in [0.15, 0.2) is 0 Å². The van der Waals surface area contributed by atoms with E-state index in [1.54, 1.807) is 6.92 Å². The predicted molar refractivity (Wildman–Crippen MR) is 54.5 cm³/mol. The number of aromatic nitrogens is 1. The molecule has 0 saturated heterocycles. The fraction of sp³-hybridized carbons (Fsp3) is 0.250. The van der Waals surface area contributed by atoms with Crippen molar-refractivity contribution in [1.82, 2.24) is 4.98 Å². The first-order valence-corrected chi connectivity index (χ1v) is 4.83. The molecule has 15 heavy (non-hydrogen) atoms. The molecule has 6 nitrogen and oxygen atoms in total. The summed E-state index contributed by atoms with van der Waals surface area (Å²) in [4.78, 5) is 24.9. The predicted octanol–water partition coefficient (Wildman–Crippen LogP) is 1.93. The maximum atomic E-state index is 11.3. The number of nitro groups is 1. The number of esters is 1. The van der Waals surface area contributed by atoms with Gasteiger partial charge in [0.25, 0.3) is 0 Å². The van der Waals surface area contributed by atoms with Gasteiger partial charge < -0.3 is 4.74 Å². The summed E-state index contributed by atoms with van der Waals surface area (Å²) in [5, 5.41) is 10.6. The Bertz CT molecular complexity index is 408. The van der Waals surface area contributed by atoms with E-state index in [-0.39, 0.29) is 18.0 Å². The molecule has 0 saturated carbocycles. The average Bonchev–Trinajstić information content (AvgIpc) is 2.17. The number of hydrogen-bond donors (Lipinski definition) is 0. The number of rotatable bonds is 3. The smallest absolute Gasteiger partial charge is 0.364 e. The van der Waals surface area contributed by atoms with Crippen LogP contribution >= 0.6 is 15.9 Å². The van der Waals surface area contributed by atoms with Gasteiger partial charge in [0.2, 0.25) is 5.69 Å². The highest BCUT2D eigenvalue weighted by molar-refractivity contribution is 9.10. The van der Waals surface area contributed by atoms with Crippen molar-refractivity contribution in [3.8, 4) is 0 Å². The van der Waals surface area contributed by atoms with Crippen LogP contribution in [0.3, 0.4) is 0 Å². The molecule has 0 aromatic carbocycles. The Balaban J connectivity index is 3.18. The largest absolute Gasteiger partial charge is 0.461 e. The molecule has 0 unspecified atom stereocenters. The molecule has 0 bridgehead atoms. The number of carbonyl (C=O) groups is 1. The molecule has 80 valence electrons. The van der Waals surface area contributed by atoms with Gasteiger partial charge in [-0.05, 0) is 28.9 Å². The Kier molecular flexibility index (Phi) is 3.73.